The van der Waals surface area contributed by atoms with Crippen molar-refractivity contribution >= 4 is 5.91 Å². The van der Waals surface area contributed by atoms with Crippen LogP contribution in [0.25, 0.3) is 0 Å². The van der Waals surface area contributed by atoms with Gasteiger partial charge in [0.05, 0.1) is 0 Å². The molecular formula is C8H13F5N2O. The van der Waals surface area contributed by atoms with Crippen LogP contribution >= 0.6 is 0 Å². The highest BCUT2D eigenvalue weighted by atomic mass is 19.4. The first-order valence-electron chi connectivity index (χ1n) is 4.67. The first-order valence-corrected chi connectivity index (χ1v) is 4.67. The molecule has 2 N–H and O–H groups in total. The summed E-state index contributed by atoms with van der Waals surface area (Å²) in [5.41, 5.74) is 0. The summed E-state index contributed by atoms with van der Waals surface area (Å²) in [6, 6.07) is 0. The SMILES string of the molecule is CCCNCCNC(=O)C(F)(F)C(F)(F)F. The highest BCUT2D eigenvalue weighted by Gasteiger charge is 2.63. The molecule has 16 heavy (non-hydrogen) atoms. The molecule has 1 amide bonds. The Labute approximate surface area is 89.4 Å². The zero-order valence-electron chi connectivity index (χ0n) is 8.63. The monoisotopic (exact) mass is 248 g/mol. The number of carbonyl (C=O) groups excluding carboxylic acids is 1. The molecule has 3 nitrogen and oxygen atoms in total. The fourth-order valence-corrected chi connectivity index (χ4v) is 0.806. The van der Waals surface area contributed by atoms with E-state index in [4.69, 9.17) is 0 Å². The second kappa shape index (κ2) is 5.97. The van der Waals surface area contributed by atoms with Gasteiger partial charge in [0.2, 0.25) is 0 Å². The topological polar surface area (TPSA) is 41.1 Å². The molecule has 0 spiro atoms. The summed E-state index contributed by atoms with van der Waals surface area (Å²) in [5, 5.41) is 4.26. The van der Waals surface area contributed by atoms with Gasteiger partial charge in [-0.3, -0.25) is 4.79 Å². The minimum atomic E-state index is -5.85. The van der Waals surface area contributed by atoms with E-state index >= 15 is 0 Å². The number of alkyl halides is 5. The van der Waals surface area contributed by atoms with E-state index in [-0.39, 0.29) is 13.1 Å². The first kappa shape index (κ1) is 15.1. The van der Waals surface area contributed by atoms with E-state index in [0.29, 0.717) is 6.54 Å². The molecule has 0 fully saturated rings. The molecule has 0 heterocycles. The van der Waals surface area contributed by atoms with E-state index in [1.165, 1.54) is 5.32 Å². The van der Waals surface area contributed by atoms with Gasteiger partial charge in [0.25, 0.3) is 5.91 Å². The van der Waals surface area contributed by atoms with Gasteiger partial charge >= 0.3 is 12.1 Å². The summed E-state index contributed by atoms with van der Waals surface area (Å²) in [6.45, 7) is 2.34. The maximum Gasteiger partial charge on any atom is 0.463 e. The van der Waals surface area contributed by atoms with Gasteiger partial charge in [0.1, 0.15) is 0 Å². The average Bonchev–Trinajstić information content (AvgIpc) is 2.15. The Morgan fingerprint density at radius 1 is 1.06 bits per heavy atom. The zero-order chi connectivity index (χ0) is 12.8. The Hall–Kier alpha value is -0.920. The first-order chi connectivity index (χ1) is 7.23. The lowest BCUT2D eigenvalue weighted by atomic mass is 10.3. The van der Waals surface area contributed by atoms with Crippen molar-refractivity contribution in [2.45, 2.75) is 25.4 Å². The fourth-order valence-electron chi connectivity index (χ4n) is 0.806. The third kappa shape index (κ3) is 4.30. The number of hydrogen-bond donors (Lipinski definition) is 2. The molecule has 0 unspecified atom stereocenters. The van der Waals surface area contributed by atoms with Crippen LogP contribution < -0.4 is 10.6 Å². The van der Waals surface area contributed by atoms with Crippen LogP contribution in [-0.4, -0.2) is 37.6 Å². The lowest BCUT2D eigenvalue weighted by Gasteiger charge is -2.18. The quantitative estimate of drug-likeness (QED) is 0.549. The van der Waals surface area contributed by atoms with Gasteiger partial charge in [-0.05, 0) is 13.0 Å². The van der Waals surface area contributed by atoms with E-state index in [9.17, 15) is 26.7 Å². The summed E-state index contributed by atoms with van der Waals surface area (Å²) in [5.74, 6) is -7.66. The van der Waals surface area contributed by atoms with Gasteiger partial charge in [-0.15, -0.1) is 0 Å². The van der Waals surface area contributed by atoms with Crippen molar-refractivity contribution in [1.82, 2.24) is 10.6 Å². The molecule has 0 atom stereocenters. The van der Waals surface area contributed by atoms with E-state index in [1.54, 1.807) is 0 Å². The standard InChI is InChI=1S/C8H13F5N2O/c1-2-3-14-4-5-15-6(16)7(9,10)8(11,12)13/h14H,2-5H2,1H3,(H,15,16). The van der Waals surface area contributed by atoms with Crippen molar-refractivity contribution in [3.05, 3.63) is 0 Å². The van der Waals surface area contributed by atoms with Crippen molar-refractivity contribution < 1.29 is 26.7 Å². The third-order valence-corrected chi connectivity index (χ3v) is 1.66. The van der Waals surface area contributed by atoms with Gasteiger partial charge in [0.15, 0.2) is 0 Å². The molecule has 0 aromatic rings. The Morgan fingerprint density at radius 2 is 1.62 bits per heavy atom. The number of carbonyl (C=O) groups is 1. The molecule has 0 radical (unpaired) electrons. The lowest BCUT2D eigenvalue weighted by molar-refractivity contribution is -0.269. The number of hydrogen-bond acceptors (Lipinski definition) is 2. The molecule has 0 aliphatic rings. The maximum atomic E-state index is 12.3. The van der Waals surface area contributed by atoms with Crippen molar-refractivity contribution in [2.24, 2.45) is 0 Å². The zero-order valence-corrected chi connectivity index (χ0v) is 8.63. The van der Waals surface area contributed by atoms with Crippen molar-refractivity contribution in [2.75, 3.05) is 19.6 Å². The summed E-state index contributed by atoms with van der Waals surface area (Å²) in [7, 11) is 0. The molecule has 0 saturated heterocycles. The molecule has 0 aliphatic heterocycles. The predicted molar refractivity (Wildman–Crippen MR) is 47.2 cm³/mol. The Kier molecular flexibility index (Phi) is 5.63. The van der Waals surface area contributed by atoms with Gasteiger partial charge < -0.3 is 10.6 Å². The molecule has 0 saturated carbocycles. The largest absolute Gasteiger partial charge is 0.463 e. The van der Waals surface area contributed by atoms with Crippen LogP contribution in [0.5, 0.6) is 0 Å². The molecule has 0 aromatic heterocycles. The van der Waals surface area contributed by atoms with E-state index in [1.807, 2.05) is 6.92 Å². The molecule has 0 aromatic carbocycles. The van der Waals surface area contributed by atoms with Crippen LogP contribution in [-0.2, 0) is 4.79 Å². The minimum Gasteiger partial charge on any atom is -0.349 e. The maximum absolute atomic E-state index is 12.3. The molecule has 0 rings (SSSR count). The Bertz CT molecular complexity index is 229. The third-order valence-electron chi connectivity index (χ3n) is 1.66. The highest BCUT2D eigenvalue weighted by Crippen LogP contribution is 2.35. The number of nitrogens with one attached hydrogen (secondary N) is 2. The molecular weight excluding hydrogens is 235 g/mol. The second-order valence-corrected chi connectivity index (χ2v) is 3.08. The number of halogens is 5. The Morgan fingerprint density at radius 3 is 2.06 bits per heavy atom. The lowest BCUT2D eigenvalue weighted by Crippen LogP contribution is -2.51. The summed E-state index contributed by atoms with van der Waals surface area (Å²) < 4.78 is 59.7. The summed E-state index contributed by atoms with van der Waals surface area (Å²) in [6.07, 6.45) is -5.05. The average molecular weight is 248 g/mol. The molecule has 0 aliphatic carbocycles. The van der Waals surface area contributed by atoms with Crippen LogP contribution in [0.2, 0.25) is 0 Å². The molecule has 0 bridgehead atoms. The van der Waals surface area contributed by atoms with Crippen LogP contribution in [0, 0.1) is 0 Å². The van der Waals surface area contributed by atoms with Gasteiger partial charge in [-0.1, -0.05) is 6.92 Å². The van der Waals surface area contributed by atoms with E-state index < -0.39 is 18.0 Å². The van der Waals surface area contributed by atoms with Crippen LogP contribution in [0.15, 0.2) is 0 Å². The van der Waals surface area contributed by atoms with Crippen molar-refractivity contribution in [1.29, 1.82) is 0 Å². The normalized spacial score (nSPS) is 12.6. The Balaban J connectivity index is 3.98. The van der Waals surface area contributed by atoms with Crippen LogP contribution in [0.3, 0.4) is 0 Å². The van der Waals surface area contributed by atoms with Crippen molar-refractivity contribution in [3.63, 3.8) is 0 Å². The van der Waals surface area contributed by atoms with Crippen LogP contribution in [0.4, 0.5) is 22.0 Å². The van der Waals surface area contributed by atoms with Gasteiger partial charge in [-0.2, -0.15) is 22.0 Å². The van der Waals surface area contributed by atoms with Gasteiger partial charge in [0, 0.05) is 13.1 Å². The molecule has 8 heteroatoms. The van der Waals surface area contributed by atoms with E-state index in [0.717, 1.165) is 6.42 Å². The van der Waals surface area contributed by atoms with Crippen LogP contribution in [0.1, 0.15) is 13.3 Å². The summed E-state index contributed by atoms with van der Waals surface area (Å²) >= 11 is 0. The van der Waals surface area contributed by atoms with E-state index in [2.05, 4.69) is 5.32 Å². The minimum absolute atomic E-state index is 0.146. The number of amides is 1. The molecule has 96 valence electrons. The number of rotatable bonds is 6. The summed E-state index contributed by atoms with van der Waals surface area (Å²) in [4.78, 5) is 10.5. The predicted octanol–water partition coefficient (Wildman–Crippen LogP) is 1.30. The van der Waals surface area contributed by atoms with Crippen molar-refractivity contribution in [3.8, 4) is 0 Å². The second-order valence-electron chi connectivity index (χ2n) is 3.08. The highest BCUT2D eigenvalue weighted by molar-refractivity contribution is 5.84. The fraction of sp³-hybridized carbons (Fsp3) is 0.875. The smallest absolute Gasteiger partial charge is 0.349 e. The van der Waals surface area contributed by atoms with Gasteiger partial charge in [-0.25, -0.2) is 0 Å².